The number of hydrogen-bond acceptors (Lipinski definition) is 5. The van der Waals surface area contributed by atoms with Gasteiger partial charge in [0, 0.05) is 24.1 Å². The molecule has 1 aliphatic rings. The second kappa shape index (κ2) is 9.20. The molecule has 0 spiro atoms. The van der Waals surface area contributed by atoms with Crippen LogP contribution < -0.4 is 10.5 Å². The number of carbonyl (C=O) groups is 2. The molecule has 7 heteroatoms. The van der Waals surface area contributed by atoms with Gasteiger partial charge in [0.2, 0.25) is 0 Å². The number of ether oxygens (including phenoxy) is 2. The summed E-state index contributed by atoms with van der Waals surface area (Å²) in [5.74, 6) is 0.202. The molecule has 3 N–H and O–H groups in total. The maximum absolute atomic E-state index is 12.8. The van der Waals surface area contributed by atoms with Gasteiger partial charge in [0.15, 0.2) is 0 Å². The first-order valence-corrected chi connectivity index (χ1v) is 10.3. The SMILES string of the molecule is CC(C)(C)OC(=O)CN1CCc2cc(OCCc3ccc(C(=N)N)cc3)ccc2C1=O. The third-order valence-electron chi connectivity index (χ3n) is 4.91. The van der Waals surface area contributed by atoms with Crippen molar-refractivity contribution in [2.24, 2.45) is 5.73 Å². The van der Waals surface area contributed by atoms with Crippen LogP contribution >= 0.6 is 0 Å². The first kappa shape index (κ1) is 22.3. The smallest absolute Gasteiger partial charge is 0.326 e. The summed E-state index contributed by atoms with van der Waals surface area (Å²) in [6.07, 6.45) is 1.38. The third-order valence-corrected chi connectivity index (χ3v) is 4.91. The number of nitrogens with zero attached hydrogens (tertiary/aromatic N) is 1. The van der Waals surface area contributed by atoms with Crippen LogP contribution in [-0.4, -0.2) is 47.9 Å². The van der Waals surface area contributed by atoms with E-state index in [2.05, 4.69) is 0 Å². The lowest BCUT2D eigenvalue weighted by Gasteiger charge is -2.29. The van der Waals surface area contributed by atoms with Crippen molar-refractivity contribution in [2.45, 2.75) is 39.2 Å². The molecule has 1 amide bonds. The molecular formula is C24H29N3O4. The van der Waals surface area contributed by atoms with Crippen molar-refractivity contribution in [3.8, 4) is 5.75 Å². The fourth-order valence-electron chi connectivity index (χ4n) is 3.42. The Morgan fingerprint density at radius 3 is 2.52 bits per heavy atom. The van der Waals surface area contributed by atoms with Crippen molar-refractivity contribution >= 4 is 17.7 Å². The van der Waals surface area contributed by atoms with Crippen molar-refractivity contribution in [3.05, 3.63) is 64.7 Å². The number of nitrogens with two attached hydrogens (primary N) is 1. The molecule has 0 unspecified atom stereocenters. The Bertz CT molecular complexity index is 977. The number of amidine groups is 1. The number of fused-ring (bicyclic) bond motifs is 1. The monoisotopic (exact) mass is 423 g/mol. The Hall–Kier alpha value is -3.35. The van der Waals surface area contributed by atoms with E-state index >= 15 is 0 Å². The minimum absolute atomic E-state index is 0.0454. The van der Waals surface area contributed by atoms with Crippen molar-refractivity contribution in [2.75, 3.05) is 19.7 Å². The number of nitrogens with one attached hydrogen (secondary N) is 1. The second-order valence-corrected chi connectivity index (χ2v) is 8.59. The Morgan fingerprint density at radius 2 is 1.87 bits per heavy atom. The quantitative estimate of drug-likeness (QED) is 0.405. The lowest BCUT2D eigenvalue weighted by Crippen LogP contribution is -2.42. The van der Waals surface area contributed by atoms with Crippen molar-refractivity contribution < 1.29 is 19.1 Å². The first-order valence-electron chi connectivity index (χ1n) is 10.3. The molecule has 31 heavy (non-hydrogen) atoms. The molecule has 0 fully saturated rings. The minimum atomic E-state index is -0.574. The van der Waals surface area contributed by atoms with Crippen LogP contribution in [0.3, 0.4) is 0 Å². The predicted molar refractivity (Wildman–Crippen MR) is 119 cm³/mol. The summed E-state index contributed by atoms with van der Waals surface area (Å²) >= 11 is 0. The van der Waals surface area contributed by atoms with Gasteiger partial charge in [0.1, 0.15) is 23.7 Å². The molecule has 7 nitrogen and oxygen atoms in total. The van der Waals surface area contributed by atoms with Gasteiger partial charge in [0.25, 0.3) is 5.91 Å². The molecule has 0 aliphatic carbocycles. The number of benzene rings is 2. The highest BCUT2D eigenvalue weighted by atomic mass is 16.6. The third kappa shape index (κ3) is 6.07. The van der Waals surface area contributed by atoms with Gasteiger partial charge in [-0.2, -0.15) is 0 Å². The van der Waals surface area contributed by atoms with Gasteiger partial charge in [0.05, 0.1) is 6.61 Å². The van der Waals surface area contributed by atoms with Crippen molar-refractivity contribution in [3.63, 3.8) is 0 Å². The molecule has 1 aliphatic heterocycles. The van der Waals surface area contributed by atoms with Gasteiger partial charge >= 0.3 is 5.97 Å². The number of rotatable bonds is 7. The zero-order chi connectivity index (χ0) is 22.6. The number of esters is 1. The van der Waals surface area contributed by atoms with Gasteiger partial charge < -0.3 is 20.1 Å². The summed E-state index contributed by atoms with van der Waals surface area (Å²) in [5.41, 5.74) is 8.21. The van der Waals surface area contributed by atoms with Crippen LogP contribution in [-0.2, 0) is 22.4 Å². The summed E-state index contributed by atoms with van der Waals surface area (Å²) in [7, 11) is 0. The van der Waals surface area contributed by atoms with Gasteiger partial charge in [-0.05, 0) is 56.5 Å². The molecule has 0 saturated carbocycles. The topological polar surface area (TPSA) is 106 Å². The normalized spacial score (nSPS) is 13.5. The molecular weight excluding hydrogens is 394 g/mol. The summed E-state index contributed by atoms with van der Waals surface area (Å²) in [5, 5.41) is 7.43. The molecule has 0 aromatic heterocycles. The molecule has 0 radical (unpaired) electrons. The second-order valence-electron chi connectivity index (χ2n) is 8.59. The van der Waals surface area contributed by atoms with Crippen LogP contribution in [0.2, 0.25) is 0 Å². The number of carbonyl (C=O) groups excluding carboxylic acids is 2. The Labute approximate surface area is 182 Å². The summed E-state index contributed by atoms with van der Waals surface area (Å²) in [4.78, 5) is 26.4. The van der Waals surface area contributed by atoms with E-state index in [1.165, 1.54) is 4.90 Å². The largest absolute Gasteiger partial charge is 0.493 e. The lowest BCUT2D eigenvalue weighted by molar-refractivity contribution is -0.155. The van der Waals surface area contributed by atoms with Gasteiger partial charge in [-0.25, -0.2) is 0 Å². The highest BCUT2D eigenvalue weighted by Crippen LogP contribution is 2.24. The van der Waals surface area contributed by atoms with E-state index in [9.17, 15) is 9.59 Å². The van der Waals surface area contributed by atoms with E-state index in [0.29, 0.717) is 36.4 Å². The summed E-state index contributed by atoms with van der Waals surface area (Å²) in [6.45, 7) is 6.34. The van der Waals surface area contributed by atoms with Crippen LogP contribution in [0.1, 0.15) is 47.8 Å². The fourth-order valence-corrected chi connectivity index (χ4v) is 3.42. The van der Waals surface area contributed by atoms with E-state index in [0.717, 1.165) is 17.5 Å². The van der Waals surface area contributed by atoms with E-state index in [1.807, 2.05) is 30.3 Å². The number of hydrogen-bond donors (Lipinski definition) is 2. The van der Waals surface area contributed by atoms with Crippen molar-refractivity contribution in [1.82, 2.24) is 4.90 Å². The van der Waals surface area contributed by atoms with Gasteiger partial charge in [-0.3, -0.25) is 15.0 Å². The Morgan fingerprint density at radius 1 is 1.16 bits per heavy atom. The maximum atomic E-state index is 12.8. The number of amides is 1. The predicted octanol–water partition coefficient (Wildman–Crippen LogP) is 2.93. The molecule has 2 aromatic carbocycles. The van der Waals surface area contributed by atoms with Gasteiger partial charge in [-0.1, -0.05) is 24.3 Å². The maximum Gasteiger partial charge on any atom is 0.326 e. The van der Waals surface area contributed by atoms with Crippen LogP contribution in [0, 0.1) is 5.41 Å². The highest BCUT2D eigenvalue weighted by molar-refractivity contribution is 5.98. The van der Waals surface area contributed by atoms with E-state index in [4.69, 9.17) is 20.6 Å². The zero-order valence-electron chi connectivity index (χ0n) is 18.2. The number of nitrogen functional groups attached to an aromatic ring is 1. The van der Waals surface area contributed by atoms with Crippen molar-refractivity contribution in [1.29, 1.82) is 5.41 Å². The summed E-state index contributed by atoms with van der Waals surface area (Å²) < 4.78 is 11.2. The van der Waals surface area contributed by atoms with Crippen LogP contribution in [0.25, 0.3) is 0 Å². The zero-order valence-corrected chi connectivity index (χ0v) is 18.2. The lowest BCUT2D eigenvalue weighted by atomic mass is 9.98. The summed E-state index contributed by atoms with van der Waals surface area (Å²) in [6, 6.07) is 13.0. The standard InChI is InChI=1S/C24H29N3O4/c1-24(2,3)31-21(28)15-27-12-10-18-14-19(8-9-20(18)23(27)29)30-13-11-16-4-6-17(7-5-16)22(25)26/h4-9,14H,10-13,15H2,1-3H3,(H3,25,26). The molecule has 0 bridgehead atoms. The van der Waals surface area contributed by atoms with E-state index in [1.54, 1.807) is 32.9 Å². The first-order chi connectivity index (χ1) is 14.6. The van der Waals surface area contributed by atoms with E-state index < -0.39 is 11.6 Å². The van der Waals surface area contributed by atoms with Crippen LogP contribution in [0.5, 0.6) is 5.75 Å². The van der Waals surface area contributed by atoms with Crippen LogP contribution in [0.4, 0.5) is 0 Å². The molecule has 164 valence electrons. The average Bonchev–Trinajstić information content (AvgIpc) is 2.69. The molecule has 1 heterocycles. The Balaban J connectivity index is 1.56. The average molecular weight is 424 g/mol. The van der Waals surface area contributed by atoms with Gasteiger partial charge in [-0.15, -0.1) is 0 Å². The fraction of sp³-hybridized carbons (Fsp3) is 0.375. The molecule has 3 rings (SSSR count). The molecule has 0 atom stereocenters. The highest BCUT2D eigenvalue weighted by Gasteiger charge is 2.28. The van der Waals surface area contributed by atoms with E-state index in [-0.39, 0.29) is 18.3 Å². The molecule has 2 aromatic rings. The molecule has 0 saturated heterocycles. The van der Waals surface area contributed by atoms with Crippen LogP contribution in [0.15, 0.2) is 42.5 Å². The Kier molecular flexibility index (Phi) is 6.63. The minimum Gasteiger partial charge on any atom is -0.493 e.